The SMILES string of the molecule is CCC(=O)c1sc(NC(CC)C(C)C)c(C#N)c1N. The van der Waals surface area contributed by atoms with Gasteiger partial charge in [-0.15, -0.1) is 11.3 Å². The molecule has 0 amide bonds. The Morgan fingerprint density at radius 1 is 1.47 bits per heavy atom. The molecule has 1 aromatic heterocycles. The Kier molecular flexibility index (Phi) is 5.37. The fourth-order valence-electron chi connectivity index (χ4n) is 1.93. The van der Waals surface area contributed by atoms with Crippen molar-refractivity contribution in [1.82, 2.24) is 0 Å². The van der Waals surface area contributed by atoms with Crippen LogP contribution >= 0.6 is 11.3 Å². The first-order valence-corrected chi connectivity index (χ1v) is 7.39. The van der Waals surface area contributed by atoms with Gasteiger partial charge in [-0.2, -0.15) is 5.26 Å². The second-order valence-corrected chi connectivity index (χ2v) is 5.86. The summed E-state index contributed by atoms with van der Waals surface area (Å²) in [5.41, 5.74) is 6.63. The lowest BCUT2D eigenvalue weighted by Gasteiger charge is -2.21. The quantitative estimate of drug-likeness (QED) is 0.779. The predicted molar refractivity (Wildman–Crippen MR) is 80.6 cm³/mol. The number of nitrogen functional groups attached to an aromatic ring is 1. The average Bonchev–Trinajstić information content (AvgIpc) is 2.70. The topological polar surface area (TPSA) is 78.9 Å². The normalized spacial score (nSPS) is 12.2. The molecule has 0 aliphatic carbocycles. The van der Waals surface area contributed by atoms with Gasteiger partial charge in [0, 0.05) is 12.5 Å². The van der Waals surface area contributed by atoms with Gasteiger partial charge >= 0.3 is 0 Å². The molecule has 1 rings (SSSR count). The minimum absolute atomic E-state index is 0.00959. The maximum atomic E-state index is 11.8. The van der Waals surface area contributed by atoms with Crippen molar-refractivity contribution in [2.75, 3.05) is 11.1 Å². The Bertz CT molecular complexity index is 500. The Labute approximate surface area is 118 Å². The minimum Gasteiger partial charge on any atom is -0.396 e. The number of carbonyl (C=O) groups excluding carboxylic acids is 1. The van der Waals surface area contributed by atoms with Gasteiger partial charge in [-0.1, -0.05) is 27.7 Å². The molecule has 19 heavy (non-hydrogen) atoms. The first kappa shape index (κ1) is 15.5. The average molecular weight is 279 g/mol. The number of Topliss-reactive ketones (excluding diaryl/α,β-unsaturated/α-hetero) is 1. The molecule has 1 aromatic rings. The Hall–Kier alpha value is -1.54. The summed E-state index contributed by atoms with van der Waals surface area (Å²) >= 11 is 1.30. The highest BCUT2D eigenvalue weighted by Crippen LogP contribution is 2.37. The molecule has 0 aliphatic rings. The van der Waals surface area contributed by atoms with Crippen molar-refractivity contribution in [2.24, 2.45) is 5.92 Å². The molecule has 0 fully saturated rings. The van der Waals surface area contributed by atoms with Crippen LogP contribution in [0.1, 0.15) is 55.8 Å². The second-order valence-electron chi connectivity index (χ2n) is 4.84. The molecule has 0 bridgehead atoms. The number of nitrogens with two attached hydrogens (primary N) is 1. The molecular formula is C14H21N3OS. The number of thiophene rings is 1. The first-order valence-electron chi connectivity index (χ1n) is 6.58. The molecule has 0 radical (unpaired) electrons. The van der Waals surface area contributed by atoms with Gasteiger partial charge in [-0.05, 0) is 12.3 Å². The summed E-state index contributed by atoms with van der Waals surface area (Å²) in [6.45, 7) is 8.15. The third-order valence-corrected chi connectivity index (χ3v) is 4.37. The van der Waals surface area contributed by atoms with Gasteiger partial charge < -0.3 is 11.1 Å². The van der Waals surface area contributed by atoms with Gasteiger partial charge in [0.05, 0.1) is 10.6 Å². The summed E-state index contributed by atoms with van der Waals surface area (Å²) in [6.07, 6.45) is 1.35. The third-order valence-electron chi connectivity index (χ3n) is 3.19. The van der Waals surface area contributed by atoms with Crippen molar-refractivity contribution in [3.05, 3.63) is 10.4 Å². The lowest BCUT2D eigenvalue weighted by molar-refractivity contribution is 0.0993. The van der Waals surface area contributed by atoms with E-state index in [1.807, 2.05) is 0 Å². The van der Waals surface area contributed by atoms with Crippen LogP contribution in [0.25, 0.3) is 0 Å². The minimum atomic E-state index is -0.00959. The van der Waals surface area contributed by atoms with Crippen molar-refractivity contribution in [2.45, 2.75) is 46.6 Å². The number of nitrogens with one attached hydrogen (secondary N) is 1. The lowest BCUT2D eigenvalue weighted by atomic mass is 10.0. The Balaban J connectivity index is 3.15. The largest absolute Gasteiger partial charge is 0.396 e. The van der Waals surface area contributed by atoms with E-state index in [1.54, 1.807) is 6.92 Å². The molecular weight excluding hydrogens is 258 g/mol. The van der Waals surface area contributed by atoms with Crippen LogP contribution in [0.15, 0.2) is 0 Å². The predicted octanol–water partition coefficient (Wildman–Crippen LogP) is 3.64. The highest BCUT2D eigenvalue weighted by atomic mass is 32.1. The number of hydrogen-bond acceptors (Lipinski definition) is 5. The van der Waals surface area contributed by atoms with Gasteiger partial charge in [0.25, 0.3) is 0 Å². The summed E-state index contributed by atoms with van der Waals surface area (Å²) in [4.78, 5) is 12.3. The fraction of sp³-hybridized carbons (Fsp3) is 0.571. The van der Waals surface area contributed by atoms with Crippen LogP contribution in [0.4, 0.5) is 10.7 Å². The maximum Gasteiger partial charge on any atom is 0.174 e. The molecule has 104 valence electrons. The number of rotatable bonds is 6. The number of nitrogens with zero attached hydrogens (tertiary/aromatic N) is 1. The van der Waals surface area contributed by atoms with E-state index in [-0.39, 0.29) is 11.8 Å². The van der Waals surface area contributed by atoms with E-state index in [0.717, 1.165) is 11.4 Å². The third kappa shape index (κ3) is 3.27. The number of hydrogen-bond donors (Lipinski definition) is 2. The molecule has 1 heterocycles. The van der Waals surface area contributed by atoms with Gasteiger partial charge in [-0.3, -0.25) is 4.79 Å². The summed E-state index contributed by atoms with van der Waals surface area (Å²) in [5.74, 6) is 0.440. The van der Waals surface area contributed by atoms with E-state index in [4.69, 9.17) is 5.73 Å². The zero-order valence-corrected chi connectivity index (χ0v) is 12.7. The van der Waals surface area contributed by atoms with E-state index in [2.05, 4.69) is 32.2 Å². The van der Waals surface area contributed by atoms with Crippen LogP contribution in [0.2, 0.25) is 0 Å². The maximum absolute atomic E-state index is 11.8. The molecule has 0 saturated carbocycles. The van der Waals surface area contributed by atoms with E-state index in [9.17, 15) is 10.1 Å². The number of anilines is 2. The zero-order chi connectivity index (χ0) is 14.6. The van der Waals surface area contributed by atoms with Gasteiger partial charge in [0.2, 0.25) is 0 Å². The molecule has 4 nitrogen and oxygen atoms in total. The standard InChI is InChI=1S/C14H21N3OS/c1-5-10(8(3)4)17-14-9(7-15)12(16)13(19-14)11(18)6-2/h8,10,17H,5-6,16H2,1-4H3. The van der Waals surface area contributed by atoms with Crippen LogP contribution in [0.3, 0.4) is 0 Å². The summed E-state index contributed by atoms with van der Waals surface area (Å²) in [5, 5.41) is 13.3. The van der Waals surface area contributed by atoms with Crippen molar-refractivity contribution in [3.8, 4) is 6.07 Å². The van der Waals surface area contributed by atoms with Gasteiger partial charge in [0.1, 0.15) is 16.6 Å². The molecule has 0 aromatic carbocycles. The van der Waals surface area contributed by atoms with Gasteiger partial charge in [0.15, 0.2) is 5.78 Å². The van der Waals surface area contributed by atoms with Crippen LogP contribution in [0, 0.1) is 17.2 Å². The Morgan fingerprint density at radius 3 is 2.53 bits per heavy atom. The van der Waals surface area contributed by atoms with E-state index < -0.39 is 0 Å². The summed E-state index contributed by atoms with van der Waals surface area (Å²) in [6, 6.07) is 2.38. The Morgan fingerprint density at radius 2 is 2.11 bits per heavy atom. The van der Waals surface area contributed by atoms with E-state index >= 15 is 0 Å². The molecule has 0 saturated heterocycles. The number of nitriles is 1. The highest BCUT2D eigenvalue weighted by Gasteiger charge is 2.22. The first-order chi connectivity index (χ1) is 8.96. The van der Waals surface area contributed by atoms with E-state index in [1.165, 1.54) is 11.3 Å². The smallest absolute Gasteiger partial charge is 0.174 e. The van der Waals surface area contributed by atoms with Crippen LogP contribution in [0.5, 0.6) is 0 Å². The van der Waals surface area contributed by atoms with Crippen molar-refractivity contribution in [1.29, 1.82) is 5.26 Å². The van der Waals surface area contributed by atoms with Crippen molar-refractivity contribution in [3.63, 3.8) is 0 Å². The molecule has 0 spiro atoms. The van der Waals surface area contributed by atoms with Crippen LogP contribution in [-0.4, -0.2) is 11.8 Å². The number of ketones is 1. The van der Waals surface area contributed by atoms with Crippen molar-refractivity contribution >= 4 is 27.8 Å². The van der Waals surface area contributed by atoms with Gasteiger partial charge in [-0.25, -0.2) is 0 Å². The molecule has 0 aliphatic heterocycles. The fourth-order valence-corrected chi connectivity index (χ4v) is 3.08. The molecule has 1 atom stereocenters. The lowest BCUT2D eigenvalue weighted by Crippen LogP contribution is -2.24. The van der Waals surface area contributed by atoms with Crippen LogP contribution < -0.4 is 11.1 Å². The van der Waals surface area contributed by atoms with Crippen molar-refractivity contribution < 1.29 is 4.79 Å². The molecule has 1 unspecified atom stereocenters. The summed E-state index contributed by atoms with van der Waals surface area (Å²) in [7, 11) is 0. The molecule has 3 N–H and O–H groups in total. The summed E-state index contributed by atoms with van der Waals surface area (Å²) < 4.78 is 0. The van der Waals surface area contributed by atoms with E-state index in [0.29, 0.717) is 28.5 Å². The second kappa shape index (κ2) is 6.58. The monoisotopic (exact) mass is 279 g/mol. The molecule has 5 heteroatoms. The highest BCUT2D eigenvalue weighted by molar-refractivity contribution is 7.19. The number of carbonyl (C=O) groups is 1. The van der Waals surface area contributed by atoms with Crippen LogP contribution in [-0.2, 0) is 0 Å². The zero-order valence-electron chi connectivity index (χ0n) is 11.9.